The van der Waals surface area contributed by atoms with Crippen molar-refractivity contribution in [1.82, 2.24) is 9.38 Å². The van der Waals surface area contributed by atoms with Crippen molar-refractivity contribution in [2.75, 3.05) is 18.5 Å². The zero-order valence-electron chi connectivity index (χ0n) is 11.4. The highest BCUT2D eigenvalue weighted by molar-refractivity contribution is 5.56. The summed E-state index contributed by atoms with van der Waals surface area (Å²) in [6, 6.07) is 6.56. The minimum absolute atomic E-state index is 0.478. The first-order chi connectivity index (χ1) is 8.69. The molecule has 0 amide bonds. The van der Waals surface area contributed by atoms with E-state index in [0.29, 0.717) is 12.6 Å². The lowest BCUT2D eigenvalue weighted by Crippen LogP contribution is -2.29. The number of aromatic nitrogens is 2. The molecule has 2 aromatic rings. The highest BCUT2D eigenvalue weighted by atomic mass is 15.2. The average molecular weight is 246 g/mol. The molecule has 0 spiro atoms. The van der Waals surface area contributed by atoms with Crippen molar-refractivity contribution in [3.8, 4) is 0 Å². The number of nitrogens with zero attached hydrogens (tertiary/aromatic N) is 3. The van der Waals surface area contributed by atoms with Crippen LogP contribution in [0.2, 0.25) is 0 Å². The van der Waals surface area contributed by atoms with Crippen molar-refractivity contribution in [1.29, 1.82) is 0 Å². The number of fused-ring (bicyclic) bond motifs is 1. The summed E-state index contributed by atoms with van der Waals surface area (Å²) < 4.78 is 2.14. The van der Waals surface area contributed by atoms with Crippen molar-refractivity contribution in [3.05, 3.63) is 30.1 Å². The number of hydrogen-bond acceptors (Lipinski definition) is 3. The molecule has 4 heteroatoms. The molecule has 18 heavy (non-hydrogen) atoms. The monoisotopic (exact) mass is 246 g/mol. The van der Waals surface area contributed by atoms with Gasteiger partial charge in [0.05, 0.1) is 5.69 Å². The molecule has 0 saturated carbocycles. The molecule has 0 aliphatic rings. The first kappa shape index (κ1) is 12.9. The highest BCUT2D eigenvalue weighted by Crippen LogP contribution is 2.23. The first-order valence-electron chi connectivity index (χ1n) is 6.57. The minimum Gasteiger partial charge on any atom is -0.355 e. The lowest BCUT2D eigenvalue weighted by atomic mass is 10.2. The third-order valence-electron chi connectivity index (χ3n) is 3.57. The molecule has 2 aromatic heterocycles. The third-order valence-corrected chi connectivity index (χ3v) is 3.57. The summed E-state index contributed by atoms with van der Waals surface area (Å²) in [5, 5.41) is 0. The zero-order valence-corrected chi connectivity index (χ0v) is 11.4. The van der Waals surface area contributed by atoms with E-state index in [1.807, 2.05) is 18.2 Å². The Morgan fingerprint density at radius 3 is 2.89 bits per heavy atom. The van der Waals surface area contributed by atoms with Gasteiger partial charge >= 0.3 is 0 Å². The number of imidazole rings is 1. The van der Waals surface area contributed by atoms with E-state index in [-0.39, 0.29) is 0 Å². The molecule has 0 aromatic carbocycles. The van der Waals surface area contributed by atoms with Crippen LogP contribution in [0.3, 0.4) is 0 Å². The fraction of sp³-hybridized carbons (Fsp3) is 0.500. The van der Waals surface area contributed by atoms with Crippen molar-refractivity contribution in [3.63, 3.8) is 0 Å². The summed E-state index contributed by atoms with van der Waals surface area (Å²) in [5.41, 5.74) is 7.93. The van der Waals surface area contributed by atoms with Crippen LogP contribution in [0.15, 0.2) is 24.4 Å². The van der Waals surface area contributed by atoms with Crippen molar-refractivity contribution in [2.24, 2.45) is 5.73 Å². The Kier molecular flexibility index (Phi) is 3.87. The summed E-state index contributed by atoms with van der Waals surface area (Å²) in [6.45, 7) is 5.06. The summed E-state index contributed by atoms with van der Waals surface area (Å²) in [5.74, 6) is 1.06. The molecule has 98 valence electrons. The smallest absolute Gasteiger partial charge is 0.151 e. The fourth-order valence-electron chi connectivity index (χ4n) is 2.17. The van der Waals surface area contributed by atoms with Gasteiger partial charge in [0.2, 0.25) is 0 Å². The van der Waals surface area contributed by atoms with Crippen LogP contribution in [0.4, 0.5) is 5.82 Å². The minimum atomic E-state index is 0.478. The van der Waals surface area contributed by atoms with Gasteiger partial charge in [0, 0.05) is 25.7 Å². The van der Waals surface area contributed by atoms with Crippen LogP contribution in [0.1, 0.15) is 26.0 Å². The summed E-state index contributed by atoms with van der Waals surface area (Å²) in [6.07, 6.45) is 4.01. The number of rotatable bonds is 5. The van der Waals surface area contributed by atoms with Gasteiger partial charge in [-0.3, -0.25) is 0 Å². The second kappa shape index (κ2) is 5.40. The Hall–Kier alpha value is -1.55. The molecular weight excluding hydrogens is 224 g/mol. The van der Waals surface area contributed by atoms with Crippen LogP contribution >= 0.6 is 0 Å². The molecule has 2 N–H and O–H groups in total. The number of anilines is 1. The molecule has 2 rings (SSSR count). The maximum Gasteiger partial charge on any atom is 0.151 e. The molecule has 0 radical (unpaired) electrons. The quantitative estimate of drug-likeness (QED) is 0.878. The van der Waals surface area contributed by atoms with E-state index in [4.69, 9.17) is 10.7 Å². The molecule has 2 heterocycles. The molecule has 0 aliphatic heterocycles. The second-order valence-electron chi connectivity index (χ2n) is 4.72. The largest absolute Gasteiger partial charge is 0.355 e. The first-order valence-corrected chi connectivity index (χ1v) is 6.57. The van der Waals surface area contributed by atoms with Gasteiger partial charge in [0.25, 0.3) is 0 Å². The van der Waals surface area contributed by atoms with Crippen molar-refractivity contribution in [2.45, 2.75) is 32.7 Å². The lowest BCUT2D eigenvalue weighted by Gasteiger charge is -2.24. The van der Waals surface area contributed by atoms with Crippen LogP contribution in [0, 0.1) is 0 Å². The van der Waals surface area contributed by atoms with E-state index < -0.39 is 0 Å². The van der Waals surface area contributed by atoms with E-state index in [1.54, 1.807) is 0 Å². The van der Waals surface area contributed by atoms with Gasteiger partial charge in [0.1, 0.15) is 5.65 Å². The van der Waals surface area contributed by atoms with Gasteiger partial charge in [-0.2, -0.15) is 0 Å². The Labute approximate surface area is 108 Å². The van der Waals surface area contributed by atoms with Crippen LogP contribution in [0.5, 0.6) is 0 Å². The standard InChI is InChI=1S/C14H22N4/c1-4-11(2)17(3)14-12(8-9-15)18-10-6-5-7-13(18)16-14/h5-7,10-11H,4,8-9,15H2,1-3H3. The maximum atomic E-state index is 5.73. The zero-order chi connectivity index (χ0) is 13.1. The van der Waals surface area contributed by atoms with Crippen molar-refractivity contribution < 1.29 is 0 Å². The third kappa shape index (κ3) is 2.20. The molecule has 0 bridgehead atoms. The van der Waals surface area contributed by atoms with E-state index in [1.165, 1.54) is 5.69 Å². The molecule has 0 saturated heterocycles. The van der Waals surface area contributed by atoms with Gasteiger partial charge < -0.3 is 15.0 Å². The van der Waals surface area contributed by atoms with E-state index in [0.717, 1.165) is 24.3 Å². The predicted molar refractivity (Wildman–Crippen MR) is 76.1 cm³/mol. The molecular formula is C14H22N4. The predicted octanol–water partition coefficient (Wildman–Crippen LogP) is 2.07. The normalized spacial score (nSPS) is 12.9. The number of nitrogens with two attached hydrogens (primary N) is 1. The molecule has 4 nitrogen and oxygen atoms in total. The summed E-state index contributed by atoms with van der Waals surface area (Å²) >= 11 is 0. The molecule has 1 unspecified atom stereocenters. The van der Waals surface area contributed by atoms with Crippen molar-refractivity contribution >= 4 is 11.5 Å². The Morgan fingerprint density at radius 1 is 1.44 bits per heavy atom. The highest BCUT2D eigenvalue weighted by Gasteiger charge is 2.17. The summed E-state index contributed by atoms with van der Waals surface area (Å²) in [4.78, 5) is 6.98. The van der Waals surface area contributed by atoms with Gasteiger partial charge in [-0.05, 0) is 32.0 Å². The average Bonchev–Trinajstić information content (AvgIpc) is 2.76. The summed E-state index contributed by atoms with van der Waals surface area (Å²) in [7, 11) is 2.11. The molecule has 0 fully saturated rings. The Bertz CT molecular complexity index is 517. The van der Waals surface area contributed by atoms with Gasteiger partial charge in [-0.25, -0.2) is 4.98 Å². The second-order valence-corrected chi connectivity index (χ2v) is 4.72. The maximum absolute atomic E-state index is 5.73. The number of pyridine rings is 1. The van der Waals surface area contributed by atoms with Crippen LogP contribution in [-0.4, -0.2) is 29.0 Å². The Morgan fingerprint density at radius 2 is 2.22 bits per heavy atom. The van der Waals surface area contributed by atoms with E-state index in [2.05, 4.69) is 36.4 Å². The SMILES string of the molecule is CCC(C)N(C)c1nc2ccccn2c1CCN. The van der Waals surface area contributed by atoms with Crippen LogP contribution < -0.4 is 10.6 Å². The van der Waals surface area contributed by atoms with Gasteiger partial charge in [0.15, 0.2) is 5.82 Å². The lowest BCUT2D eigenvalue weighted by molar-refractivity contribution is 0.654. The number of hydrogen-bond donors (Lipinski definition) is 1. The van der Waals surface area contributed by atoms with Crippen LogP contribution in [0.25, 0.3) is 5.65 Å². The van der Waals surface area contributed by atoms with E-state index >= 15 is 0 Å². The molecule has 1 atom stereocenters. The van der Waals surface area contributed by atoms with Gasteiger partial charge in [-0.15, -0.1) is 0 Å². The topological polar surface area (TPSA) is 46.6 Å². The Balaban J connectivity index is 2.51. The van der Waals surface area contributed by atoms with Gasteiger partial charge in [-0.1, -0.05) is 13.0 Å². The fourth-order valence-corrected chi connectivity index (χ4v) is 2.17. The van der Waals surface area contributed by atoms with E-state index in [9.17, 15) is 0 Å². The molecule has 0 aliphatic carbocycles. The van der Waals surface area contributed by atoms with Crippen LogP contribution in [-0.2, 0) is 6.42 Å².